The van der Waals surface area contributed by atoms with E-state index in [1.807, 2.05) is 0 Å². The molecule has 1 saturated heterocycles. The largest absolute Gasteiger partial charge is 0.493 e. The molecule has 2 heterocycles. The summed E-state index contributed by atoms with van der Waals surface area (Å²) >= 11 is 10.2. The second-order valence-corrected chi connectivity index (χ2v) is 6.40. The Kier molecular flexibility index (Phi) is 3.57. The first-order chi connectivity index (χ1) is 8.66. The van der Waals surface area contributed by atoms with Crippen LogP contribution in [-0.4, -0.2) is 19.3 Å². The van der Waals surface area contributed by atoms with Gasteiger partial charge in [-0.1, -0.05) is 15.9 Å². The van der Waals surface area contributed by atoms with Crippen molar-refractivity contribution in [3.8, 4) is 5.75 Å². The van der Waals surface area contributed by atoms with E-state index in [0.717, 1.165) is 41.8 Å². The van der Waals surface area contributed by atoms with Crippen molar-refractivity contribution in [2.45, 2.75) is 31.2 Å². The fourth-order valence-electron chi connectivity index (χ4n) is 2.87. The van der Waals surface area contributed by atoms with Gasteiger partial charge in [0.05, 0.1) is 18.1 Å². The molecule has 1 aromatic rings. The normalized spacial score (nSPS) is 27.9. The first-order valence-electron chi connectivity index (χ1n) is 6.37. The summed E-state index contributed by atoms with van der Waals surface area (Å²) < 4.78 is 12.5. The van der Waals surface area contributed by atoms with Crippen molar-refractivity contribution in [1.82, 2.24) is 0 Å². The third-order valence-electron chi connectivity index (χ3n) is 3.89. The lowest BCUT2D eigenvalue weighted by Gasteiger charge is -2.22. The lowest BCUT2D eigenvalue weighted by atomic mass is 9.92. The topological polar surface area (TPSA) is 18.5 Å². The molecule has 0 spiro atoms. The van der Waals surface area contributed by atoms with Gasteiger partial charge in [-0.05, 0) is 31.0 Å². The number of fused-ring (bicyclic) bond motifs is 1. The van der Waals surface area contributed by atoms with E-state index in [-0.39, 0.29) is 11.5 Å². The highest BCUT2D eigenvalue weighted by molar-refractivity contribution is 9.10. The van der Waals surface area contributed by atoms with Crippen LogP contribution >= 0.6 is 27.5 Å². The average Bonchev–Trinajstić information content (AvgIpc) is 2.95. The molecule has 0 radical (unpaired) electrons. The van der Waals surface area contributed by atoms with E-state index in [4.69, 9.17) is 21.1 Å². The molecule has 0 N–H and O–H groups in total. The number of rotatable bonds is 2. The Morgan fingerprint density at radius 3 is 2.94 bits per heavy atom. The number of hydrogen-bond acceptors (Lipinski definition) is 2. The van der Waals surface area contributed by atoms with Crippen molar-refractivity contribution >= 4 is 27.5 Å². The second kappa shape index (κ2) is 5.03. The lowest BCUT2D eigenvalue weighted by Crippen LogP contribution is -2.17. The minimum Gasteiger partial charge on any atom is -0.493 e. The lowest BCUT2D eigenvalue weighted by molar-refractivity contribution is 0.104. The van der Waals surface area contributed by atoms with Crippen molar-refractivity contribution in [2.75, 3.05) is 13.2 Å². The summed E-state index contributed by atoms with van der Waals surface area (Å²) in [5.74, 6) is 1.37. The van der Waals surface area contributed by atoms with Crippen LogP contribution in [0.2, 0.25) is 0 Å². The van der Waals surface area contributed by atoms with Crippen molar-refractivity contribution in [2.24, 2.45) is 5.92 Å². The number of alkyl halides is 1. The third kappa shape index (κ3) is 2.17. The molecule has 1 fully saturated rings. The monoisotopic (exact) mass is 330 g/mol. The van der Waals surface area contributed by atoms with Crippen LogP contribution in [0.25, 0.3) is 0 Å². The Balaban J connectivity index is 1.96. The summed E-state index contributed by atoms with van der Waals surface area (Å²) in [5.41, 5.74) is 2.37. The van der Waals surface area contributed by atoms with Crippen LogP contribution in [0.3, 0.4) is 0 Å². The van der Waals surface area contributed by atoms with Gasteiger partial charge in [0.1, 0.15) is 5.75 Å². The first-order valence-corrected chi connectivity index (χ1v) is 7.60. The highest BCUT2D eigenvalue weighted by Gasteiger charge is 2.34. The second-order valence-electron chi connectivity index (χ2n) is 5.01. The number of halogens is 2. The zero-order chi connectivity index (χ0) is 12.7. The molecule has 2 aliphatic rings. The molecular weight excluding hydrogens is 316 g/mol. The smallest absolute Gasteiger partial charge is 0.127 e. The maximum Gasteiger partial charge on any atom is 0.127 e. The van der Waals surface area contributed by atoms with Gasteiger partial charge in [-0.25, -0.2) is 0 Å². The predicted molar refractivity (Wildman–Crippen MR) is 75.5 cm³/mol. The quantitative estimate of drug-likeness (QED) is 0.760. The molecule has 0 aromatic heterocycles. The van der Waals surface area contributed by atoms with Crippen LogP contribution in [0.1, 0.15) is 29.8 Å². The maximum atomic E-state index is 6.68. The SMILES string of the molecule is CC1OCCC1C(Cl)c1cc(Br)cc2c1OCC2. The van der Waals surface area contributed by atoms with Crippen LogP contribution in [0.15, 0.2) is 16.6 Å². The summed E-state index contributed by atoms with van der Waals surface area (Å²) in [6.45, 7) is 3.68. The highest BCUT2D eigenvalue weighted by Crippen LogP contribution is 2.45. The molecule has 1 aromatic carbocycles. The van der Waals surface area contributed by atoms with Gasteiger partial charge in [0.15, 0.2) is 0 Å². The van der Waals surface area contributed by atoms with Crippen LogP contribution in [0, 0.1) is 5.92 Å². The summed E-state index contributed by atoms with van der Waals surface area (Å²) in [6, 6.07) is 4.22. The Morgan fingerprint density at radius 1 is 1.39 bits per heavy atom. The van der Waals surface area contributed by atoms with Crippen LogP contribution < -0.4 is 4.74 Å². The van der Waals surface area contributed by atoms with Gasteiger partial charge in [0.25, 0.3) is 0 Å². The Hall–Kier alpha value is -0.250. The number of hydrogen-bond donors (Lipinski definition) is 0. The summed E-state index contributed by atoms with van der Waals surface area (Å²) in [4.78, 5) is 0. The van der Waals surface area contributed by atoms with E-state index < -0.39 is 0 Å². The standard InChI is InChI=1S/C14H16BrClO2/c1-8-11(3-5-17-8)13(16)12-7-10(15)6-9-2-4-18-14(9)12/h6-8,11,13H,2-5H2,1H3. The Labute approximate surface area is 121 Å². The first kappa shape index (κ1) is 12.8. The van der Waals surface area contributed by atoms with Crippen molar-refractivity contribution < 1.29 is 9.47 Å². The molecule has 0 bridgehead atoms. The number of benzene rings is 1. The van der Waals surface area contributed by atoms with Gasteiger partial charge in [-0.2, -0.15) is 0 Å². The van der Waals surface area contributed by atoms with E-state index in [1.165, 1.54) is 5.56 Å². The fraction of sp³-hybridized carbons (Fsp3) is 0.571. The Bertz CT molecular complexity index is 463. The molecule has 4 heteroatoms. The summed E-state index contributed by atoms with van der Waals surface area (Å²) in [6.07, 6.45) is 2.22. The summed E-state index contributed by atoms with van der Waals surface area (Å²) in [5, 5.41) is -0.0353. The van der Waals surface area contributed by atoms with Gasteiger partial charge in [-0.3, -0.25) is 0 Å². The summed E-state index contributed by atoms with van der Waals surface area (Å²) in [7, 11) is 0. The molecule has 0 saturated carbocycles. The molecule has 18 heavy (non-hydrogen) atoms. The van der Waals surface area contributed by atoms with Crippen LogP contribution in [0.5, 0.6) is 5.75 Å². The molecule has 98 valence electrons. The molecule has 2 aliphatic heterocycles. The zero-order valence-electron chi connectivity index (χ0n) is 10.3. The zero-order valence-corrected chi connectivity index (χ0v) is 12.6. The molecule has 2 nitrogen and oxygen atoms in total. The molecule has 0 aliphatic carbocycles. The van der Waals surface area contributed by atoms with Crippen molar-refractivity contribution in [1.29, 1.82) is 0 Å². The van der Waals surface area contributed by atoms with Crippen LogP contribution in [0.4, 0.5) is 0 Å². The predicted octanol–water partition coefficient (Wildman–Crippen LogP) is 4.09. The molecule has 3 rings (SSSR count). The van der Waals surface area contributed by atoms with Crippen LogP contribution in [-0.2, 0) is 11.2 Å². The van der Waals surface area contributed by atoms with E-state index in [0.29, 0.717) is 5.92 Å². The van der Waals surface area contributed by atoms with Gasteiger partial charge in [0, 0.05) is 29.0 Å². The molecule has 3 atom stereocenters. The molecule has 0 amide bonds. The van der Waals surface area contributed by atoms with Gasteiger partial charge in [0.2, 0.25) is 0 Å². The van der Waals surface area contributed by atoms with Gasteiger partial charge in [-0.15, -0.1) is 11.6 Å². The highest BCUT2D eigenvalue weighted by atomic mass is 79.9. The van der Waals surface area contributed by atoms with E-state index in [9.17, 15) is 0 Å². The van der Waals surface area contributed by atoms with Gasteiger partial charge >= 0.3 is 0 Å². The van der Waals surface area contributed by atoms with Crippen molar-refractivity contribution in [3.63, 3.8) is 0 Å². The average molecular weight is 332 g/mol. The minimum absolute atomic E-state index is 0.0353. The van der Waals surface area contributed by atoms with Crippen molar-refractivity contribution in [3.05, 3.63) is 27.7 Å². The third-order valence-corrected chi connectivity index (χ3v) is 4.90. The van der Waals surface area contributed by atoms with Gasteiger partial charge < -0.3 is 9.47 Å². The van der Waals surface area contributed by atoms with E-state index >= 15 is 0 Å². The van der Waals surface area contributed by atoms with E-state index in [2.05, 4.69) is 35.0 Å². The van der Waals surface area contributed by atoms with E-state index in [1.54, 1.807) is 0 Å². The minimum atomic E-state index is -0.0353. The maximum absolute atomic E-state index is 6.68. The fourth-order valence-corrected chi connectivity index (χ4v) is 3.88. The number of ether oxygens (including phenoxy) is 2. The molecule has 3 unspecified atom stereocenters. The Morgan fingerprint density at radius 2 is 2.22 bits per heavy atom. The molecular formula is C14H16BrClO2.